The molecule has 22 heavy (non-hydrogen) atoms. The van der Waals surface area contributed by atoms with Gasteiger partial charge in [-0.3, -0.25) is 0 Å². The number of rotatable bonds is 18. The fraction of sp³-hybridized carbons (Fsp3) is 1.00. The van der Waals surface area contributed by atoms with E-state index < -0.39 is 0 Å². The van der Waals surface area contributed by atoms with Gasteiger partial charge in [0, 0.05) is 0 Å². The molecule has 0 heteroatoms. The predicted octanol–water partition coefficient (Wildman–Crippen LogP) is 8.68. The molecule has 0 spiro atoms. The maximum Gasteiger partial charge on any atom is -0.0443 e. The van der Waals surface area contributed by atoms with E-state index in [1.807, 2.05) is 0 Å². The van der Waals surface area contributed by atoms with Crippen LogP contribution in [-0.2, 0) is 0 Å². The molecule has 0 fully saturated rings. The third-order valence-corrected chi connectivity index (χ3v) is 5.10. The van der Waals surface area contributed by atoms with E-state index in [1.54, 1.807) is 0 Å². The summed E-state index contributed by atoms with van der Waals surface area (Å²) in [5, 5.41) is 0. The lowest BCUT2D eigenvalue weighted by atomic mass is 9.96. The van der Waals surface area contributed by atoms with Gasteiger partial charge in [-0.15, -0.1) is 0 Å². The van der Waals surface area contributed by atoms with Crippen molar-refractivity contribution >= 4 is 0 Å². The van der Waals surface area contributed by atoms with Crippen molar-refractivity contribution in [1.29, 1.82) is 0 Å². The van der Waals surface area contributed by atoms with Crippen LogP contribution in [0, 0.1) is 5.92 Å². The van der Waals surface area contributed by atoms with Crippen molar-refractivity contribution in [2.45, 2.75) is 136 Å². The highest BCUT2D eigenvalue weighted by Crippen LogP contribution is 2.18. The van der Waals surface area contributed by atoms with E-state index in [0.717, 1.165) is 5.92 Å². The van der Waals surface area contributed by atoms with Crippen molar-refractivity contribution in [1.82, 2.24) is 0 Å². The highest BCUT2D eigenvalue weighted by Gasteiger charge is 2.01. The van der Waals surface area contributed by atoms with Crippen molar-refractivity contribution < 1.29 is 0 Å². The second-order valence-corrected chi connectivity index (χ2v) is 7.63. The lowest BCUT2D eigenvalue weighted by Gasteiger charge is -2.10. The quantitative estimate of drug-likeness (QED) is 0.222. The molecule has 0 aromatic carbocycles. The molecule has 0 saturated carbocycles. The summed E-state index contributed by atoms with van der Waals surface area (Å²) < 4.78 is 0. The Morgan fingerprint density at radius 3 is 1.05 bits per heavy atom. The van der Waals surface area contributed by atoms with Crippen molar-refractivity contribution in [3.8, 4) is 0 Å². The molecule has 0 aromatic heterocycles. The van der Waals surface area contributed by atoms with Crippen LogP contribution in [0.4, 0.5) is 0 Å². The molecule has 1 atom stereocenters. The predicted molar refractivity (Wildman–Crippen MR) is 104 cm³/mol. The minimum Gasteiger partial charge on any atom is -0.0654 e. The topological polar surface area (TPSA) is 0 Å². The first kappa shape index (κ1) is 22.0. The lowest BCUT2D eigenvalue weighted by Crippen LogP contribution is -1.95. The maximum absolute atomic E-state index is 2.46. The third-order valence-electron chi connectivity index (χ3n) is 5.10. The average Bonchev–Trinajstić information content (AvgIpc) is 2.52. The van der Waals surface area contributed by atoms with Crippen LogP contribution >= 0.6 is 0 Å². The van der Waals surface area contributed by atoms with E-state index in [2.05, 4.69) is 20.8 Å². The average molecular weight is 311 g/mol. The van der Waals surface area contributed by atoms with Gasteiger partial charge in [-0.2, -0.15) is 0 Å². The first-order chi connectivity index (χ1) is 10.8. The largest absolute Gasteiger partial charge is 0.0654 e. The van der Waals surface area contributed by atoms with E-state index in [-0.39, 0.29) is 0 Å². The van der Waals surface area contributed by atoms with Gasteiger partial charge < -0.3 is 0 Å². The maximum atomic E-state index is 2.46. The van der Waals surface area contributed by atoms with Crippen LogP contribution in [0.15, 0.2) is 0 Å². The number of unbranched alkanes of at least 4 members (excludes halogenated alkanes) is 14. The highest BCUT2D eigenvalue weighted by molar-refractivity contribution is 4.55. The highest BCUT2D eigenvalue weighted by atomic mass is 14.1. The third kappa shape index (κ3) is 18.1. The Morgan fingerprint density at radius 2 is 0.682 bits per heavy atom. The van der Waals surface area contributed by atoms with Gasteiger partial charge in [-0.05, 0) is 5.92 Å². The summed E-state index contributed by atoms with van der Waals surface area (Å²) in [6, 6.07) is 0. The van der Waals surface area contributed by atoms with E-state index in [0.29, 0.717) is 0 Å². The molecule has 1 unspecified atom stereocenters. The van der Waals surface area contributed by atoms with Gasteiger partial charge in [0.1, 0.15) is 0 Å². The normalized spacial score (nSPS) is 12.7. The summed E-state index contributed by atoms with van der Waals surface area (Å²) in [5.41, 5.74) is 0. The molecule has 0 N–H and O–H groups in total. The van der Waals surface area contributed by atoms with Gasteiger partial charge in [0.05, 0.1) is 0 Å². The van der Waals surface area contributed by atoms with Crippen molar-refractivity contribution in [2.24, 2.45) is 5.92 Å². The second kappa shape index (κ2) is 19.0. The molecular weight excluding hydrogens is 264 g/mol. The van der Waals surface area contributed by atoms with Gasteiger partial charge in [0.15, 0.2) is 0 Å². The number of hydrogen-bond acceptors (Lipinski definition) is 0. The van der Waals surface area contributed by atoms with Gasteiger partial charge in [0.2, 0.25) is 0 Å². The molecule has 0 saturated heterocycles. The van der Waals surface area contributed by atoms with Crippen molar-refractivity contribution in [2.75, 3.05) is 0 Å². The molecular formula is C22H46. The molecule has 0 radical (unpaired) electrons. The van der Waals surface area contributed by atoms with Crippen LogP contribution < -0.4 is 0 Å². The summed E-state index contributed by atoms with van der Waals surface area (Å²) in [6.07, 6.45) is 26.3. The van der Waals surface area contributed by atoms with Crippen LogP contribution in [-0.4, -0.2) is 0 Å². The van der Waals surface area contributed by atoms with Crippen LogP contribution in [0.25, 0.3) is 0 Å². The summed E-state index contributed by atoms with van der Waals surface area (Å²) in [4.78, 5) is 0. The van der Waals surface area contributed by atoms with Gasteiger partial charge >= 0.3 is 0 Å². The zero-order valence-corrected chi connectivity index (χ0v) is 16.3. The van der Waals surface area contributed by atoms with Gasteiger partial charge in [0.25, 0.3) is 0 Å². The standard InChI is InChI=1S/C22H46/c1-4-6-8-10-11-12-13-14-15-16-17-19-21-22(3)20-18-9-7-5-2/h22H,4-21H2,1-3H3. The zero-order valence-electron chi connectivity index (χ0n) is 16.3. The van der Waals surface area contributed by atoms with Crippen LogP contribution in [0.1, 0.15) is 136 Å². The van der Waals surface area contributed by atoms with E-state index >= 15 is 0 Å². The molecule has 134 valence electrons. The zero-order chi connectivity index (χ0) is 16.3. The Bertz CT molecular complexity index is 184. The van der Waals surface area contributed by atoms with Crippen molar-refractivity contribution in [3.63, 3.8) is 0 Å². The molecule has 0 rings (SSSR count). The van der Waals surface area contributed by atoms with Crippen molar-refractivity contribution in [3.05, 3.63) is 0 Å². The summed E-state index contributed by atoms with van der Waals surface area (Å²) in [5.74, 6) is 0.972. The first-order valence-corrected chi connectivity index (χ1v) is 10.8. The van der Waals surface area contributed by atoms with Gasteiger partial charge in [-0.25, -0.2) is 0 Å². The fourth-order valence-electron chi connectivity index (χ4n) is 3.40. The summed E-state index contributed by atoms with van der Waals surface area (Å²) in [6.45, 7) is 7.06. The minimum absolute atomic E-state index is 0.972. The van der Waals surface area contributed by atoms with Crippen LogP contribution in [0.5, 0.6) is 0 Å². The van der Waals surface area contributed by atoms with Gasteiger partial charge in [-0.1, -0.05) is 136 Å². The molecule has 0 amide bonds. The summed E-state index contributed by atoms with van der Waals surface area (Å²) >= 11 is 0. The van der Waals surface area contributed by atoms with E-state index in [1.165, 1.54) is 116 Å². The Labute approximate surface area is 142 Å². The molecule has 0 aliphatic rings. The SMILES string of the molecule is CCCCCCCCCCCCCCC(C)CCCCCC. The Kier molecular flexibility index (Phi) is 19.0. The van der Waals surface area contributed by atoms with E-state index in [4.69, 9.17) is 0 Å². The molecule has 0 aromatic rings. The van der Waals surface area contributed by atoms with Crippen LogP contribution in [0.2, 0.25) is 0 Å². The Morgan fingerprint density at radius 1 is 0.409 bits per heavy atom. The minimum atomic E-state index is 0.972. The smallest absolute Gasteiger partial charge is 0.0443 e. The monoisotopic (exact) mass is 310 g/mol. The molecule has 0 nitrogen and oxygen atoms in total. The molecule has 0 aliphatic carbocycles. The fourth-order valence-corrected chi connectivity index (χ4v) is 3.40. The first-order valence-electron chi connectivity index (χ1n) is 10.8. The molecule has 0 bridgehead atoms. The molecule has 0 aliphatic heterocycles. The van der Waals surface area contributed by atoms with E-state index in [9.17, 15) is 0 Å². The second-order valence-electron chi connectivity index (χ2n) is 7.63. The number of hydrogen-bond donors (Lipinski definition) is 0. The van der Waals surface area contributed by atoms with Crippen LogP contribution in [0.3, 0.4) is 0 Å². The Balaban J connectivity index is 3.07. The lowest BCUT2D eigenvalue weighted by molar-refractivity contribution is 0.433. The Hall–Kier alpha value is 0. The summed E-state index contributed by atoms with van der Waals surface area (Å²) in [7, 11) is 0. The molecule has 0 heterocycles.